The summed E-state index contributed by atoms with van der Waals surface area (Å²) in [6, 6.07) is -1.55. The number of carboxylic acid groups (broad SMARTS) is 1. The van der Waals surface area contributed by atoms with Crippen LogP contribution in [0.25, 0.3) is 0 Å². The van der Waals surface area contributed by atoms with Crippen molar-refractivity contribution in [1.82, 2.24) is 0 Å². The van der Waals surface area contributed by atoms with Crippen molar-refractivity contribution >= 4 is 25.7 Å². The molecule has 0 aliphatic carbocycles. The number of nitrogens with two attached hydrogens (primary N) is 1. The lowest BCUT2D eigenvalue weighted by Gasteiger charge is -2.20. The number of carboxylic acids is 1. The van der Waals surface area contributed by atoms with Crippen LogP contribution in [-0.2, 0) is 37.5 Å². The van der Waals surface area contributed by atoms with E-state index in [-0.39, 0.29) is 12.8 Å². The maximum absolute atomic E-state index is 12.5. The molecule has 0 fully saturated rings. The molecule has 300 valence electrons. The van der Waals surface area contributed by atoms with E-state index in [1.165, 1.54) is 0 Å². The van der Waals surface area contributed by atoms with Crippen LogP contribution in [0.1, 0.15) is 90.9 Å². The van der Waals surface area contributed by atoms with Gasteiger partial charge in [0.2, 0.25) is 0 Å². The van der Waals surface area contributed by atoms with Crippen LogP contribution < -0.4 is 5.73 Å². The smallest absolute Gasteiger partial charge is 0.472 e. The summed E-state index contributed by atoms with van der Waals surface area (Å²) in [5.74, 6) is -2.58. The molecule has 2 unspecified atom stereocenters. The Morgan fingerprint density at radius 1 is 0.593 bits per heavy atom. The first kappa shape index (κ1) is 49.9. The summed E-state index contributed by atoms with van der Waals surface area (Å²) >= 11 is 0. The molecule has 11 nitrogen and oxygen atoms in total. The van der Waals surface area contributed by atoms with Crippen molar-refractivity contribution in [3.63, 3.8) is 0 Å². The number of hydrogen-bond acceptors (Lipinski definition) is 9. The Morgan fingerprint density at radius 2 is 1.04 bits per heavy atom. The van der Waals surface area contributed by atoms with Crippen molar-refractivity contribution in [1.29, 1.82) is 0 Å². The van der Waals surface area contributed by atoms with E-state index in [0.717, 1.165) is 38.5 Å². The third-order valence-electron chi connectivity index (χ3n) is 6.83. The number of rotatable bonds is 32. The molecule has 0 aliphatic heterocycles. The maximum Gasteiger partial charge on any atom is 0.472 e. The molecule has 4 N–H and O–H groups in total. The first-order chi connectivity index (χ1) is 26.1. The predicted molar refractivity (Wildman–Crippen MR) is 216 cm³/mol. The van der Waals surface area contributed by atoms with Crippen molar-refractivity contribution in [3.8, 4) is 0 Å². The van der Waals surface area contributed by atoms with Crippen LogP contribution in [0.2, 0.25) is 0 Å². The third kappa shape index (κ3) is 34.9. The number of phosphoric ester groups is 1. The minimum Gasteiger partial charge on any atom is -0.480 e. The lowest BCUT2D eigenvalue weighted by atomic mass is 10.2. The molecular formula is C42H62NO10P. The lowest BCUT2D eigenvalue weighted by molar-refractivity contribution is -0.161. The Hall–Kier alpha value is -4.12. The highest BCUT2D eigenvalue weighted by Crippen LogP contribution is 2.43. The summed E-state index contributed by atoms with van der Waals surface area (Å²) < 4.78 is 32.4. The SMILES string of the molecule is CC/C=C/C=C/C=C/C=C/C=C/CCCC(=O)OC(COC(=O)CCC/C=C/C/C=C/C/C=C/C/C=C/C/C=C/CC)COP(=O)(O)OC[C@H](N)C(=O)O. The molecule has 0 rings (SSSR count). The topological polar surface area (TPSA) is 172 Å². The van der Waals surface area contributed by atoms with Gasteiger partial charge in [0.1, 0.15) is 12.6 Å². The third-order valence-corrected chi connectivity index (χ3v) is 7.78. The van der Waals surface area contributed by atoms with Gasteiger partial charge in [0, 0.05) is 12.8 Å². The van der Waals surface area contributed by atoms with Crippen molar-refractivity contribution in [2.24, 2.45) is 5.73 Å². The number of phosphoric acid groups is 1. The Labute approximate surface area is 322 Å². The lowest BCUT2D eigenvalue weighted by Crippen LogP contribution is -2.34. The molecule has 0 aromatic rings. The van der Waals surface area contributed by atoms with Gasteiger partial charge in [0.25, 0.3) is 0 Å². The Kier molecular flexibility index (Phi) is 33.1. The quantitative estimate of drug-likeness (QED) is 0.0196. The second-order valence-electron chi connectivity index (χ2n) is 11.7. The standard InChI is InChI=1S/C42H62NO10P/c1-3-5-7-9-11-13-15-17-18-19-20-22-23-25-27-29-31-33-40(44)50-35-38(36-51-54(48,49)52-37-39(43)42(46)47)53-41(45)34-32-30-28-26-24-21-16-14-12-10-8-6-4-2/h5-8,10-14,16-18,20-22,24-28,38-39H,3-4,9,15,19,23,29-37,43H2,1-2H3,(H,46,47)(H,48,49)/b7-5+,8-6+,12-10+,13-11+,16-14+,18-17+,22-20+,24-21+,27-25+,28-26+/t38?,39-/m0/s1. The van der Waals surface area contributed by atoms with E-state index < -0.39 is 57.7 Å². The summed E-state index contributed by atoms with van der Waals surface area (Å²) in [5.41, 5.74) is 5.30. The van der Waals surface area contributed by atoms with E-state index in [1.807, 2.05) is 66.8 Å². The van der Waals surface area contributed by atoms with Crippen LogP contribution >= 0.6 is 7.82 Å². The van der Waals surface area contributed by atoms with Gasteiger partial charge in [-0.25, -0.2) is 4.57 Å². The van der Waals surface area contributed by atoms with Gasteiger partial charge in [0.15, 0.2) is 6.10 Å². The first-order valence-electron chi connectivity index (χ1n) is 18.6. The number of unbranched alkanes of at least 4 members (excludes halogenated alkanes) is 2. The van der Waals surface area contributed by atoms with Crippen molar-refractivity contribution in [3.05, 3.63) is 122 Å². The molecule has 0 aromatic carbocycles. The van der Waals surface area contributed by atoms with Crippen molar-refractivity contribution in [2.75, 3.05) is 19.8 Å². The van der Waals surface area contributed by atoms with Gasteiger partial charge in [-0.15, -0.1) is 0 Å². The molecule has 0 aliphatic rings. The van der Waals surface area contributed by atoms with E-state index in [9.17, 15) is 23.8 Å². The number of carbonyl (C=O) groups excluding carboxylic acids is 2. The molecule has 12 heteroatoms. The molecule has 0 spiro atoms. The second kappa shape index (κ2) is 35.9. The minimum atomic E-state index is -4.75. The monoisotopic (exact) mass is 771 g/mol. The van der Waals surface area contributed by atoms with Gasteiger partial charge in [-0.1, -0.05) is 135 Å². The Morgan fingerprint density at radius 3 is 1.57 bits per heavy atom. The highest BCUT2D eigenvalue weighted by Gasteiger charge is 2.28. The van der Waals surface area contributed by atoms with Crippen molar-refractivity contribution < 1.29 is 47.5 Å². The van der Waals surface area contributed by atoms with Crippen LogP contribution in [0.4, 0.5) is 0 Å². The van der Waals surface area contributed by atoms with E-state index in [1.54, 1.807) is 0 Å². The van der Waals surface area contributed by atoms with Gasteiger partial charge in [0.05, 0.1) is 13.2 Å². The van der Waals surface area contributed by atoms with E-state index in [0.29, 0.717) is 25.7 Å². The largest absolute Gasteiger partial charge is 0.480 e. The molecule has 0 amide bonds. The fourth-order valence-electron chi connectivity index (χ4n) is 3.95. The minimum absolute atomic E-state index is 0.0441. The average molecular weight is 772 g/mol. The summed E-state index contributed by atoms with van der Waals surface area (Å²) in [5, 5.41) is 8.86. The molecule has 0 radical (unpaired) electrons. The van der Waals surface area contributed by atoms with Crippen LogP contribution in [-0.4, -0.2) is 59.9 Å². The zero-order valence-corrected chi connectivity index (χ0v) is 32.9. The molecule has 0 heterocycles. The van der Waals surface area contributed by atoms with Gasteiger partial charge in [-0.3, -0.25) is 23.4 Å². The van der Waals surface area contributed by atoms with Crippen LogP contribution in [0.3, 0.4) is 0 Å². The Bertz CT molecular complexity index is 1370. The van der Waals surface area contributed by atoms with Gasteiger partial charge in [-0.2, -0.15) is 0 Å². The average Bonchev–Trinajstić information content (AvgIpc) is 3.14. The molecule has 3 atom stereocenters. The fourth-order valence-corrected chi connectivity index (χ4v) is 4.73. The van der Waals surface area contributed by atoms with Gasteiger partial charge in [-0.05, 0) is 64.2 Å². The van der Waals surface area contributed by atoms with Crippen LogP contribution in [0.15, 0.2) is 122 Å². The van der Waals surface area contributed by atoms with Crippen LogP contribution in [0.5, 0.6) is 0 Å². The van der Waals surface area contributed by atoms with E-state index in [4.69, 9.17) is 24.8 Å². The maximum atomic E-state index is 12.5. The highest BCUT2D eigenvalue weighted by atomic mass is 31.2. The summed E-state index contributed by atoms with van der Waals surface area (Å²) in [7, 11) is -4.75. The fraction of sp³-hybridized carbons (Fsp3) is 0.452. The zero-order valence-electron chi connectivity index (χ0n) is 32.0. The second-order valence-corrected chi connectivity index (χ2v) is 13.2. The molecular weight excluding hydrogens is 709 g/mol. The predicted octanol–water partition coefficient (Wildman–Crippen LogP) is 9.27. The van der Waals surface area contributed by atoms with E-state index >= 15 is 0 Å². The first-order valence-corrected chi connectivity index (χ1v) is 20.1. The number of aliphatic carboxylic acids is 1. The summed E-state index contributed by atoms with van der Waals surface area (Å²) in [4.78, 5) is 45.7. The number of esters is 2. The van der Waals surface area contributed by atoms with E-state index in [2.05, 4.69) is 73.1 Å². The normalized spacial score (nSPS) is 15.2. The number of hydrogen-bond donors (Lipinski definition) is 3. The Balaban J connectivity index is 4.69. The van der Waals surface area contributed by atoms with Gasteiger partial charge < -0.3 is 25.2 Å². The molecule has 0 aromatic heterocycles. The number of carbonyl (C=O) groups is 3. The zero-order chi connectivity index (χ0) is 40.0. The van der Waals surface area contributed by atoms with Crippen molar-refractivity contribution in [2.45, 2.75) is 103 Å². The highest BCUT2D eigenvalue weighted by molar-refractivity contribution is 7.47. The molecule has 54 heavy (non-hydrogen) atoms. The summed E-state index contributed by atoms with van der Waals surface area (Å²) in [6.45, 7) is 2.35. The number of ether oxygens (including phenoxy) is 2. The number of allylic oxidation sites excluding steroid dienone is 20. The van der Waals surface area contributed by atoms with Gasteiger partial charge >= 0.3 is 25.7 Å². The molecule has 0 saturated carbocycles. The molecule has 0 saturated heterocycles. The molecule has 0 bridgehead atoms. The van der Waals surface area contributed by atoms with Crippen LogP contribution in [0, 0.1) is 0 Å². The summed E-state index contributed by atoms with van der Waals surface area (Å²) in [6.07, 6.45) is 47.3.